The van der Waals surface area contributed by atoms with Crippen LogP contribution in [0.2, 0.25) is 5.02 Å². The van der Waals surface area contributed by atoms with Gasteiger partial charge in [-0.15, -0.1) is 11.3 Å². The van der Waals surface area contributed by atoms with Crippen LogP contribution in [0.25, 0.3) is 11.3 Å². The lowest BCUT2D eigenvalue weighted by molar-refractivity contribution is 0.628. The Hall–Kier alpha value is -1.13. The van der Waals surface area contributed by atoms with Gasteiger partial charge in [-0.25, -0.2) is 9.37 Å². The predicted octanol–water partition coefficient (Wildman–Crippen LogP) is 4.14. The Morgan fingerprint density at radius 2 is 2.24 bits per heavy atom. The van der Waals surface area contributed by atoms with Gasteiger partial charge in [-0.2, -0.15) is 0 Å². The molecule has 2 rings (SSSR count). The van der Waals surface area contributed by atoms with Gasteiger partial charge in [0.05, 0.1) is 10.0 Å². The van der Waals surface area contributed by atoms with Gasteiger partial charge < -0.3 is 5.73 Å². The molecule has 0 spiro atoms. The average molecular weight is 271 g/mol. The molecule has 5 heteroatoms. The average Bonchev–Trinajstić information content (AvgIpc) is 2.64. The van der Waals surface area contributed by atoms with Crippen LogP contribution in [-0.4, -0.2) is 4.98 Å². The van der Waals surface area contributed by atoms with Crippen molar-refractivity contribution >= 4 is 27.9 Å². The number of hydrogen-bond acceptors (Lipinski definition) is 3. The van der Waals surface area contributed by atoms with Crippen LogP contribution in [0.15, 0.2) is 18.2 Å². The lowest BCUT2D eigenvalue weighted by Gasteiger charge is -2.00. The van der Waals surface area contributed by atoms with E-state index >= 15 is 0 Å². The summed E-state index contributed by atoms with van der Waals surface area (Å²) >= 11 is 7.22. The molecule has 2 aromatic rings. The standard InChI is InChI=1S/C12H12ClFN2S/c1-2-3-10-16-11(12(15)17-10)7-4-5-9(14)8(13)6-7/h4-6H,2-3,15H2,1H3. The minimum Gasteiger partial charge on any atom is -0.389 e. The molecule has 0 saturated heterocycles. The fourth-order valence-electron chi connectivity index (χ4n) is 1.55. The number of benzene rings is 1. The number of hydrogen-bond donors (Lipinski definition) is 1. The lowest BCUT2D eigenvalue weighted by atomic mass is 10.1. The number of thiazole rings is 1. The van der Waals surface area contributed by atoms with E-state index in [-0.39, 0.29) is 5.02 Å². The first kappa shape index (κ1) is 12.3. The van der Waals surface area contributed by atoms with E-state index in [9.17, 15) is 4.39 Å². The summed E-state index contributed by atoms with van der Waals surface area (Å²) < 4.78 is 13.1. The number of aryl methyl sites for hydroxylation is 1. The highest BCUT2D eigenvalue weighted by molar-refractivity contribution is 7.16. The van der Waals surface area contributed by atoms with Crippen molar-refractivity contribution in [3.05, 3.63) is 34.0 Å². The quantitative estimate of drug-likeness (QED) is 0.910. The van der Waals surface area contributed by atoms with E-state index in [1.54, 1.807) is 12.1 Å². The fourth-order valence-corrected chi connectivity index (χ4v) is 2.69. The van der Waals surface area contributed by atoms with Gasteiger partial charge in [-0.3, -0.25) is 0 Å². The second kappa shape index (κ2) is 5.02. The summed E-state index contributed by atoms with van der Waals surface area (Å²) in [4.78, 5) is 4.45. The van der Waals surface area contributed by atoms with Crippen LogP contribution in [0.3, 0.4) is 0 Å². The Morgan fingerprint density at radius 3 is 2.88 bits per heavy atom. The molecule has 0 bridgehead atoms. The van der Waals surface area contributed by atoms with E-state index in [2.05, 4.69) is 11.9 Å². The Bertz CT molecular complexity index is 539. The lowest BCUT2D eigenvalue weighted by Crippen LogP contribution is -1.87. The second-order valence-corrected chi connectivity index (χ2v) is 5.22. The normalized spacial score (nSPS) is 10.8. The molecular weight excluding hydrogens is 259 g/mol. The van der Waals surface area contributed by atoms with Crippen LogP contribution in [0.1, 0.15) is 18.4 Å². The molecule has 0 atom stereocenters. The van der Waals surface area contributed by atoms with Crippen molar-refractivity contribution in [3.63, 3.8) is 0 Å². The maximum atomic E-state index is 13.1. The highest BCUT2D eigenvalue weighted by Crippen LogP contribution is 2.32. The van der Waals surface area contributed by atoms with Crippen molar-refractivity contribution in [2.75, 3.05) is 5.73 Å². The van der Waals surface area contributed by atoms with Gasteiger partial charge in [0.25, 0.3) is 0 Å². The molecule has 1 aromatic heterocycles. The summed E-state index contributed by atoms with van der Waals surface area (Å²) in [6, 6.07) is 4.52. The third-order valence-electron chi connectivity index (χ3n) is 2.35. The Kier molecular flexibility index (Phi) is 3.64. The summed E-state index contributed by atoms with van der Waals surface area (Å²) in [6.45, 7) is 2.09. The minimum atomic E-state index is -0.432. The van der Waals surface area contributed by atoms with Gasteiger partial charge in [-0.05, 0) is 31.0 Å². The molecule has 90 valence electrons. The van der Waals surface area contributed by atoms with Gasteiger partial charge in [0.1, 0.15) is 16.5 Å². The van der Waals surface area contributed by atoms with Crippen molar-refractivity contribution in [1.82, 2.24) is 4.98 Å². The van der Waals surface area contributed by atoms with Crippen molar-refractivity contribution in [1.29, 1.82) is 0 Å². The van der Waals surface area contributed by atoms with Crippen LogP contribution in [-0.2, 0) is 6.42 Å². The molecule has 0 fully saturated rings. The van der Waals surface area contributed by atoms with E-state index in [1.807, 2.05) is 0 Å². The maximum absolute atomic E-state index is 13.1. The highest BCUT2D eigenvalue weighted by atomic mass is 35.5. The number of nitrogen functional groups attached to an aromatic ring is 1. The third-order valence-corrected chi connectivity index (χ3v) is 3.59. The van der Waals surface area contributed by atoms with E-state index in [0.717, 1.165) is 23.4 Å². The molecule has 0 unspecified atom stereocenters. The molecule has 1 aromatic carbocycles. The number of halogens is 2. The molecular formula is C12H12ClFN2S. The molecule has 0 saturated carbocycles. The van der Waals surface area contributed by atoms with Gasteiger partial charge >= 0.3 is 0 Å². The zero-order valence-electron chi connectivity index (χ0n) is 9.34. The minimum absolute atomic E-state index is 0.0898. The molecule has 0 amide bonds. The first-order valence-electron chi connectivity index (χ1n) is 5.32. The summed E-state index contributed by atoms with van der Waals surface area (Å²) in [5.74, 6) is -0.432. The van der Waals surface area contributed by atoms with E-state index in [4.69, 9.17) is 17.3 Å². The van der Waals surface area contributed by atoms with Crippen molar-refractivity contribution in [3.8, 4) is 11.3 Å². The van der Waals surface area contributed by atoms with Crippen LogP contribution >= 0.6 is 22.9 Å². The van der Waals surface area contributed by atoms with Gasteiger partial charge in [0.15, 0.2) is 0 Å². The van der Waals surface area contributed by atoms with Gasteiger partial charge in [0.2, 0.25) is 0 Å². The molecule has 0 aliphatic carbocycles. The summed E-state index contributed by atoms with van der Waals surface area (Å²) in [7, 11) is 0. The molecule has 2 nitrogen and oxygen atoms in total. The summed E-state index contributed by atoms with van der Waals surface area (Å²) in [5.41, 5.74) is 7.36. The smallest absolute Gasteiger partial charge is 0.141 e. The maximum Gasteiger partial charge on any atom is 0.141 e. The number of nitrogens with zero attached hydrogens (tertiary/aromatic N) is 1. The molecule has 0 aliphatic rings. The third kappa shape index (κ3) is 2.58. The number of rotatable bonds is 3. The van der Waals surface area contributed by atoms with Crippen LogP contribution in [0, 0.1) is 5.82 Å². The zero-order chi connectivity index (χ0) is 12.4. The first-order chi connectivity index (χ1) is 8.11. The van der Waals surface area contributed by atoms with E-state index in [1.165, 1.54) is 17.4 Å². The zero-order valence-corrected chi connectivity index (χ0v) is 10.9. The Morgan fingerprint density at radius 1 is 1.47 bits per heavy atom. The van der Waals surface area contributed by atoms with Crippen LogP contribution in [0.4, 0.5) is 9.39 Å². The first-order valence-corrected chi connectivity index (χ1v) is 6.52. The molecule has 0 aliphatic heterocycles. The predicted molar refractivity (Wildman–Crippen MR) is 70.9 cm³/mol. The van der Waals surface area contributed by atoms with Gasteiger partial charge in [0, 0.05) is 5.56 Å². The van der Waals surface area contributed by atoms with Crippen molar-refractivity contribution < 1.29 is 4.39 Å². The molecule has 1 heterocycles. The van der Waals surface area contributed by atoms with Crippen molar-refractivity contribution in [2.24, 2.45) is 0 Å². The van der Waals surface area contributed by atoms with Gasteiger partial charge in [-0.1, -0.05) is 18.5 Å². The monoisotopic (exact) mass is 270 g/mol. The molecule has 0 radical (unpaired) electrons. The summed E-state index contributed by atoms with van der Waals surface area (Å²) in [5, 5.41) is 1.74. The van der Waals surface area contributed by atoms with E-state index in [0.29, 0.717) is 10.7 Å². The fraction of sp³-hybridized carbons (Fsp3) is 0.250. The Balaban J connectivity index is 2.41. The van der Waals surface area contributed by atoms with Crippen LogP contribution in [0.5, 0.6) is 0 Å². The SMILES string of the molecule is CCCc1nc(-c2ccc(F)c(Cl)c2)c(N)s1. The second-order valence-electron chi connectivity index (χ2n) is 3.70. The summed E-state index contributed by atoms with van der Waals surface area (Å²) in [6.07, 6.45) is 1.93. The van der Waals surface area contributed by atoms with Crippen LogP contribution < -0.4 is 5.73 Å². The Labute approximate surface area is 108 Å². The molecule has 2 N–H and O–H groups in total. The number of anilines is 1. The number of nitrogens with two attached hydrogens (primary N) is 1. The molecule has 17 heavy (non-hydrogen) atoms. The largest absolute Gasteiger partial charge is 0.389 e. The topological polar surface area (TPSA) is 38.9 Å². The highest BCUT2D eigenvalue weighted by Gasteiger charge is 2.11. The van der Waals surface area contributed by atoms with E-state index < -0.39 is 5.82 Å². The van der Waals surface area contributed by atoms with Crippen molar-refractivity contribution in [2.45, 2.75) is 19.8 Å². The number of aromatic nitrogens is 1.